The lowest BCUT2D eigenvalue weighted by Gasteiger charge is -2.32. The van der Waals surface area contributed by atoms with Crippen LogP contribution in [0.5, 0.6) is 0 Å². The summed E-state index contributed by atoms with van der Waals surface area (Å²) in [4.78, 5) is 10.3. The number of hydrogen-bond acceptors (Lipinski definition) is 5. The molecule has 2 heterocycles. The molecular weight excluding hydrogens is 353 g/mol. The molecule has 10 heteroatoms. The van der Waals surface area contributed by atoms with Crippen molar-refractivity contribution in [3.05, 3.63) is 22.1 Å². The van der Waals surface area contributed by atoms with Gasteiger partial charge in [-0.05, 0) is 19.8 Å². The first kappa shape index (κ1) is 17.5. The summed E-state index contributed by atoms with van der Waals surface area (Å²) in [5.74, 6) is 0.194. The van der Waals surface area contributed by atoms with E-state index in [0.29, 0.717) is 16.7 Å². The van der Waals surface area contributed by atoms with Crippen LogP contribution in [0.4, 0.5) is 18.2 Å². The van der Waals surface area contributed by atoms with Crippen LogP contribution in [0, 0.1) is 18.3 Å². The molecule has 1 fully saturated rings. The number of aryl methyl sites for hydroxylation is 1. The van der Waals surface area contributed by atoms with Gasteiger partial charge in [-0.3, -0.25) is 0 Å². The Bertz CT molecular complexity index is 797. The first-order valence-electron chi connectivity index (χ1n) is 7.64. The average molecular weight is 370 g/mol. The van der Waals surface area contributed by atoms with E-state index in [0.717, 1.165) is 17.8 Å². The van der Waals surface area contributed by atoms with E-state index in [4.69, 9.17) is 0 Å². The van der Waals surface area contributed by atoms with E-state index in [9.17, 15) is 18.4 Å². The smallest absolute Gasteiger partial charge is 0.374 e. The fraction of sp³-hybridized carbons (Fsp3) is 0.533. The zero-order chi connectivity index (χ0) is 18.4. The molecule has 6 nitrogen and oxygen atoms in total. The molecule has 1 aliphatic heterocycles. The molecule has 2 N–H and O–H groups in total. The third kappa shape index (κ3) is 3.16. The molecule has 0 atom stereocenters. The van der Waals surface area contributed by atoms with Crippen LogP contribution in [0.1, 0.15) is 23.5 Å². The molecule has 0 unspecified atom stereocenters. The van der Waals surface area contributed by atoms with Crippen molar-refractivity contribution in [1.29, 1.82) is 5.26 Å². The summed E-state index contributed by atoms with van der Waals surface area (Å²) in [7, 11) is 2.97. The molecule has 0 bridgehead atoms. The third-order valence-corrected chi connectivity index (χ3v) is 5.50. The monoisotopic (exact) mass is 370 g/mol. The molecule has 0 amide bonds. The molecule has 0 aromatic carbocycles. The van der Waals surface area contributed by atoms with Crippen molar-refractivity contribution in [1.82, 2.24) is 20.5 Å². The summed E-state index contributed by atoms with van der Waals surface area (Å²) >= 11 is 1.32. The van der Waals surface area contributed by atoms with Gasteiger partial charge in [0.05, 0.1) is 23.9 Å². The van der Waals surface area contributed by atoms with E-state index in [2.05, 4.69) is 26.7 Å². The number of aliphatic imine (C=N–C) groups is 1. The Hall–Kier alpha value is -2.28. The molecule has 1 saturated carbocycles. The van der Waals surface area contributed by atoms with Gasteiger partial charge in [0.15, 0.2) is 0 Å². The lowest BCUT2D eigenvalue weighted by molar-refractivity contribution is -0.0963. The predicted molar refractivity (Wildman–Crippen MR) is 88.4 cm³/mol. The minimum Gasteiger partial charge on any atom is -0.374 e. The van der Waals surface area contributed by atoms with Crippen LogP contribution in [0.15, 0.2) is 16.4 Å². The van der Waals surface area contributed by atoms with Crippen LogP contribution in [0.25, 0.3) is 0 Å². The van der Waals surface area contributed by atoms with Gasteiger partial charge in [-0.1, -0.05) is 11.3 Å². The molecule has 2 aliphatic rings. The van der Waals surface area contributed by atoms with Crippen molar-refractivity contribution in [2.24, 2.45) is 4.99 Å². The topological polar surface area (TPSA) is 76.3 Å². The van der Waals surface area contributed by atoms with E-state index in [1.807, 2.05) is 0 Å². The Labute approximate surface area is 147 Å². The fourth-order valence-electron chi connectivity index (χ4n) is 2.52. The zero-order valence-corrected chi connectivity index (χ0v) is 14.8. The van der Waals surface area contributed by atoms with Crippen LogP contribution in [-0.4, -0.2) is 42.7 Å². The lowest BCUT2D eigenvalue weighted by Crippen LogP contribution is -2.49. The van der Waals surface area contributed by atoms with Crippen molar-refractivity contribution in [3.63, 3.8) is 0 Å². The minimum absolute atomic E-state index is 0.109. The van der Waals surface area contributed by atoms with Crippen LogP contribution in [0.2, 0.25) is 0 Å². The predicted octanol–water partition coefficient (Wildman–Crippen LogP) is 2.52. The normalized spacial score (nSPS) is 21.2. The number of nitrogens with one attached hydrogen (secondary N) is 2. The Balaban J connectivity index is 1.93. The summed E-state index contributed by atoms with van der Waals surface area (Å²) in [5, 5.41) is 15.9. The summed E-state index contributed by atoms with van der Waals surface area (Å²) in [6.45, 7) is 1.48. The molecular formula is C15H17F3N6S. The van der Waals surface area contributed by atoms with E-state index in [-0.39, 0.29) is 12.4 Å². The third-order valence-electron chi connectivity index (χ3n) is 4.24. The number of aromatic nitrogens is 1. The summed E-state index contributed by atoms with van der Waals surface area (Å²) in [6, 6.07) is 2.29. The maximum absolute atomic E-state index is 13.1. The molecule has 134 valence electrons. The van der Waals surface area contributed by atoms with Gasteiger partial charge >= 0.3 is 6.18 Å². The Morgan fingerprint density at radius 1 is 1.44 bits per heavy atom. The van der Waals surface area contributed by atoms with Crippen LogP contribution in [0.3, 0.4) is 0 Å². The van der Waals surface area contributed by atoms with Crippen LogP contribution in [-0.2, 0) is 5.41 Å². The fourth-order valence-corrected chi connectivity index (χ4v) is 3.66. The van der Waals surface area contributed by atoms with Crippen molar-refractivity contribution >= 4 is 22.3 Å². The van der Waals surface area contributed by atoms with Gasteiger partial charge in [-0.2, -0.15) is 18.4 Å². The number of hydrogen-bond donors (Lipinski definition) is 2. The Kier molecular flexibility index (Phi) is 4.15. The zero-order valence-electron chi connectivity index (χ0n) is 14.0. The Morgan fingerprint density at radius 2 is 2.12 bits per heavy atom. The van der Waals surface area contributed by atoms with Gasteiger partial charge in [0.2, 0.25) is 5.96 Å². The van der Waals surface area contributed by atoms with Crippen LogP contribution >= 0.6 is 11.3 Å². The quantitative estimate of drug-likeness (QED) is 0.855. The largest absolute Gasteiger partial charge is 0.417 e. The van der Waals surface area contributed by atoms with Gasteiger partial charge in [0.1, 0.15) is 21.2 Å². The highest BCUT2D eigenvalue weighted by molar-refractivity contribution is 7.15. The van der Waals surface area contributed by atoms with Crippen LogP contribution < -0.4 is 10.6 Å². The van der Waals surface area contributed by atoms with Gasteiger partial charge in [0.25, 0.3) is 0 Å². The molecule has 0 spiro atoms. The number of alkyl halides is 3. The molecule has 1 aliphatic carbocycles. The van der Waals surface area contributed by atoms with Gasteiger partial charge in [-0.25, -0.2) is 9.98 Å². The average Bonchev–Trinajstić information content (AvgIpc) is 3.27. The standard InChI is InChI=1S/C15H17F3N6S/c1-8-11(25-12(21-8)14(7-19)4-5-14)23-13-22-10(20-2)9(6-24(13)3)15(16,17)18/h20H,4-6H2,1-3H3,(H,22,23). The molecule has 25 heavy (non-hydrogen) atoms. The number of halogens is 3. The highest BCUT2D eigenvalue weighted by atomic mass is 32.1. The van der Waals surface area contributed by atoms with E-state index < -0.39 is 17.2 Å². The SMILES string of the molecule is CNC1=C(C(F)(F)F)CN(C)C(=Nc2sc(C3(C#N)CC3)nc2C)N1. The summed E-state index contributed by atoms with van der Waals surface area (Å²) in [5.41, 5.74) is -0.514. The van der Waals surface area contributed by atoms with Crippen molar-refractivity contribution < 1.29 is 13.2 Å². The molecule has 1 aromatic heterocycles. The number of nitriles is 1. The van der Waals surface area contributed by atoms with Crippen molar-refractivity contribution in [3.8, 4) is 6.07 Å². The maximum atomic E-state index is 13.1. The minimum atomic E-state index is -4.43. The second-order valence-electron chi connectivity index (χ2n) is 6.12. The van der Waals surface area contributed by atoms with E-state index in [1.165, 1.54) is 23.3 Å². The molecule has 0 radical (unpaired) electrons. The number of rotatable bonds is 3. The van der Waals surface area contributed by atoms with E-state index >= 15 is 0 Å². The molecule has 1 aromatic rings. The number of thiazole rings is 1. The second kappa shape index (κ2) is 5.91. The highest BCUT2D eigenvalue weighted by Crippen LogP contribution is 2.50. The van der Waals surface area contributed by atoms with Crippen molar-refractivity contribution in [2.75, 3.05) is 20.6 Å². The highest BCUT2D eigenvalue weighted by Gasteiger charge is 2.48. The maximum Gasteiger partial charge on any atom is 0.417 e. The summed E-state index contributed by atoms with van der Waals surface area (Å²) < 4.78 is 39.3. The molecule has 0 saturated heterocycles. The first-order valence-corrected chi connectivity index (χ1v) is 8.46. The molecule has 3 rings (SSSR count). The van der Waals surface area contributed by atoms with Crippen molar-refractivity contribution in [2.45, 2.75) is 31.4 Å². The number of nitrogens with zero attached hydrogens (tertiary/aromatic N) is 4. The van der Waals surface area contributed by atoms with Gasteiger partial charge < -0.3 is 15.5 Å². The van der Waals surface area contributed by atoms with Gasteiger partial charge in [-0.15, -0.1) is 0 Å². The number of likely N-dealkylation sites (N-methyl/N-ethyl adjacent to an activating group) is 1. The first-order chi connectivity index (χ1) is 11.7. The van der Waals surface area contributed by atoms with E-state index in [1.54, 1.807) is 14.0 Å². The van der Waals surface area contributed by atoms with Gasteiger partial charge in [0, 0.05) is 14.1 Å². The lowest BCUT2D eigenvalue weighted by atomic mass is 10.1. The number of guanidine groups is 1. The second-order valence-corrected chi connectivity index (χ2v) is 7.10. The summed E-state index contributed by atoms with van der Waals surface area (Å²) in [6.07, 6.45) is -2.86. The Morgan fingerprint density at radius 3 is 2.64 bits per heavy atom.